The van der Waals surface area contributed by atoms with Crippen molar-refractivity contribution in [2.45, 2.75) is 31.6 Å². The minimum atomic E-state index is -3.91. The van der Waals surface area contributed by atoms with Crippen molar-refractivity contribution in [1.82, 2.24) is 13.9 Å². The lowest BCUT2D eigenvalue weighted by Crippen LogP contribution is -2.17. The first kappa shape index (κ1) is 23.3. The molecule has 0 amide bonds. The first-order chi connectivity index (χ1) is 17.1. The summed E-state index contributed by atoms with van der Waals surface area (Å²) in [6.45, 7) is 5.49. The Bertz CT molecular complexity index is 1820. The van der Waals surface area contributed by atoms with Crippen molar-refractivity contribution in [3.63, 3.8) is 0 Å². The molecule has 8 nitrogen and oxygen atoms in total. The van der Waals surface area contributed by atoms with Gasteiger partial charge in [0.05, 0.1) is 33.1 Å². The monoisotopic (exact) mass is 498 g/mol. The van der Waals surface area contributed by atoms with E-state index in [-0.39, 0.29) is 10.7 Å². The Morgan fingerprint density at radius 3 is 2.44 bits per heavy atom. The number of aryl methyl sites for hydroxylation is 3. The third-order valence-corrected chi connectivity index (χ3v) is 8.08. The molecule has 2 aromatic heterocycles. The number of aliphatic carboxylic acids is 1. The van der Waals surface area contributed by atoms with Gasteiger partial charge < -0.3 is 10.1 Å². The van der Waals surface area contributed by atoms with E-state index in [1.54, 1.807) is 68.4 Å². The minimum Gasteiger partial charge on any atom is -0.480 e. The molecular formula is C27H22N4O4S. The number of H-pyrrole nitrogens is 1. The molecule has 1 atom stereocenters. The third-order valence-electron chi connectivity index (χ3n) is 6.39. The summed E-state index contributed by atoms with van der Waals surface area (Å²) in [7, 11) is -3.91. The summed E-state index contributed by atoms with van der Waals surface area (Å²) in [4.78, 5) is 20.3. The fraction of sp³-hybridized carbons (Fsp3) is 0.148. The molecule has 36 heavy (non-hydrogen) atoms. The van der Waals surface area contributed by atoms with Crippen molar-refractivity contribution < 1.29 is 18.3 Å². The lowest BCUT2D eigenvalue weighted by Gasteiger charge is -2.17. The number of aromatic nitrogens is 3. The number of carbonyl (C=O) groups is 1. The lowest BCUT2D eigenvalue weighted by molar-refractivity contribution is -0.137. The summed E-state index contributed by atoms with van der Waals surface area (Å²) >= 11 is 0. The predicted octanol–water partition coefficient (Wildman–Crippen LogP) is 4.77. The largest absolute Gasteiger partial charge is 0.480 e. The van der Waals surface area contributed by atoms with Crippen LogP contribution >= 0.6 is 0 Å². The Morgan fingerprint density at radius 1 is 1.06 bits per heavy atom. The molecule has 0 fully saturated rings. The molecule has 3 aromatic carbocycles. The van der Waals surface area contributed by atoms with Crippen LogP contribution < -0.4 is 0 Å². The van der Waals surface area contributed by atoms with Gasteiger partial charge in [0.2, 0.25) is 0 Å². The van der Waals surface area contributed by atoms with Crippen LogP contribution in [0.3, 0.4) is 0 Å². The van der Waals surface area contributed by atoms with Crippen LogP contribution in [0.25, 0.3) is 21.9 Å². The zero-order valence-electron chi connectivity index (χ0n) is 19.8. The Labute approximate surface area is 207 Å². The van der Waals surface area contributed by atoms with E-state index in [9.17, 15) is 23.6 Å². The van der Waals surface area contributed by atoms with E-state index in [4.69, 9.17) is 0 Å². The Kier molecular flexibility index (Phi) is 5.42. The van der Waals surface area contributed by atoms with Crippen LogP contribution in [0.2, 0.25) is 0 Å². The Hall–Kier alpha value is -4.42. The number of nitrogens with one attached hydrogen (secondary N) is 1. The number of carboxylic acids is 1. The second-order valence-corrected chi connectivity index (χ2v) is 10.7. The van der Waals surface area contributed by atoms with Gasteiger partial charge in [0.25, 0.3) is 10.0 Å². The number of hydrogen-bond acceptors (Lipinski definition) is 5. The van der Waals surface area contributed by atoms with Gasteiger partial charge in [0, 0.05) is 11.6 Å². The SMILES string of the molecule is Cc1ccc(S(=O)(=O)n2ccc3c(C(C(=O)O)c4nc5ccc(C#N)cc5[nH]4)c(C)cc(C)c32)cc1. The summed E-state index contributed by atoms with van der Waals surface area (Å²) in [6, 6.07) is 17.0. The van der Waals surface area contributed by atoms with E-state index in [1.807, 2.05) is 6.92 Å². The van der Waals surface area contributed by atoms with Crippen LogP contribution in [-0.4, -0.2) is 33.4 Å². The van der Waals surface area contributed by atoms with Gasteiger partial charge in [-0.3, -0.25) is 4.79 Å². The van der Waals surface area contributed by atoms with Crippen LogP contribution in [0.1, 0.15) is 39.6 Å². The highest BCUT2D eigenvalue weighted by atomic mass is 32.2. The van der Waals surface area contributed by atoms with Gasteiger partial charge in [-0.05, 0) is 73.9 Å². The topological polar surface area (TPSA) is 129 Å². The molecule has 2 N–H and O–H groups in total. The summed E-state index contributed by atoms with van der Waals surface area (Å²) < 4.78 is 28.3. The van der Waals surface area contributed by atoms with E-state index < -0.39 is 21.9 Å². The predicted molar refractivity (Wildman–Crippen MR) is 135 cm³/mol. The second kappa shape index (κ2) is 8.36. The highest BCUT2D eigenvalue weighted by Gasteiger charge is 2.31. The average Bonchev–Trinajstić information content (AvgIpc) is 3.46. The van der Waals surface area contributed by atoms with E-state index in [2.05, 4.69) is 16.0 Å². The van der Waals surface area contributed by atoms with E-state index >= 15 is 0 Å². The molecule has 5 rings (SSSR count). The van der Waals surface area contributed by atoms with Crippen molar-refractivity contribution in [2.24, 2.45) is 0 Å². The smallest absolute Gasteiger partial charge is 0.318 e. The Balaban J connectivity index is 1.74. The number of nitrogens with zero attached hydrogens (tertiary/aromatic N) is 3. The molecule has 0 bridgehead atoms. The third kappa shape index (κ3) is 3.63. The van der Waals surface area contributed by atoms with Crippen LogP contribution in [0, 0.1) is 32.1 Å². The van der Waals surface area contributed by atoms with Gasteiger partial charge >= 0.3 is 5.97 Å². The number of carboxylic acid groups (broad SMARTS) is 1. The zero-order chi connectivity index (χ0) is 25.8. The first-order valence-corrected chi connectivity index (χ1v) is 12.6. The van der Waals surface area contributed by atoms with Crippen molar-refractivity contribution in [3.05, 3.63) is 94.4 Å². The summed E-state index contributed by atoms with van der Waals surface area (Å²) in [5.41, 5.74) is 4.75. The standard InChI is InChI=1S/C27H22N4O4S/c1-15-4-7-19(8-5-15)36(34,35)31-11-10-20-23(16(2)12-17(3)25(20)31)24(27(32)33)26-29-21-9-6-18(14-28)13-22(21)30-26/h4-13,24H,1-3H3,(H,29,30)(H,32,33). The number of imidazole rings is 1. The molecule has 9 heteroatoms. The quantitative estimate of drug-likeness (QED) is 0.359. The maximum Gasteiger partial charge on any atom is 0.318 e. The molecule has 0 radical (unpaired) electrons. The van der Waals surface area contributed by atoms with Crippen LogP contribution in [0.4, 0.5) is 0 Å². The number of aromatic amines is 1. The number of benzene rings is 3. The average molecular weight is 499 g/mol. The summed E-state index contributed by atoms with van der Waals surface area (Å²) in [6.07, 6.45) is 1.46. The Morgan fingerprint density at radius 2 is 1.78 bits per heavy atom. The lowest BCUT2D eigenvalue weighted by atomic mass is 9.89. The van der Waals surface area contributed by atoms with Crippen LogP contribution in [0.15, 0.2) is 65.7 Å². The van der Waals surface area contributed by atoms with Gasteiger partial charge in [-0.25, -0.2) is 17.4 Å². The zero-order valence-corrected chi connectivity index (χ0v) is 20.6. The van der Waals surface area contributed by atoms with Crippen molar-refractivity contribution >= 4 is 37.9 Å². The molecule has 0 aliphatic rings. The number of fused-ring (bicyclic) bond motifs is 2. The van der Waals surface area contributed by atoms with Crippen LogP contribution in [-0.2, 0) is 14.8 Å². The number of rotatable bonds is 5. The van der Waals surface area contributed by atoms with Gasteiger partial charge in [0.15, 0.2) is 0 Å². The van der Waals surface area contributed by atoms with Crippen LogP contribution in [0.5, 0.6) is 0 Å². The van der Waals surface area contributed by atoms with Gasteiger partial charge in [0.1, 0.15) is 11.7 Å². The maximum absolute atomic E-state index is 13.5. The molecule has 0 spiro atoms. The summed E-state index contributed by atoms with van der Waals surface area (Å²) in [5.74, 6) is -2.10. The molecule has 0 saturated carbocycles. The maximum atomic E-state index is 13.5. The number of hydrogen-bond donors (Lipinski definition) is 2. The molecule has 2 heterocycles. The fourth-order valence-electron chi connectivity index (χ4n) is 4.72. The second-order valence-electron chi connectivity index (χ2n) is 8.85. The van der Waals surface area contributed by atoms with Crippen molar-refractivity contribution in [2.75, 3.05) is 0 Å². The highest BCUT2D eigenvalue weighted by Crippen LogP contribution is 2.37. The van der Waals surface area contributed by atoms with Crippen molar-refractivity contribution in [1.29, 1.82) is 5.26 Å². The molecule has 0 saturated heterocycles. The molecular weight excluding hydrogens is 476 g/mol. The van der Waals surface area contributed by atoms with Gasteiger partial charge in [-0.15, -0.1) is 0 Å². The van der Waals surface area contributed by atoms with E-state index in [0.717, 1.165) is 5.56 Å². The molecule has 5 aromatic rings. The molecule has 0 aliphatic heterocycles. The highest BCUT2D eigenvalue weighted by molar-refractivity contribution is 7.90. The van der Waals surface area contributed by atoms with E-state index in [1.165, 1.54) is 10.2 Å². The normalized spacial score (nSPS) is 12.6. The minimum absolute atomic E-state index is 0.146. The fourth-order valence-corrected chi connectivity index (χ4v) is 6.13. The molecule has 0 aliphatic carbocycles. The van der Waals surface area contributed by atoms with Gasteiger partial charge in [-0.1, -0.05) is 23.8 Å². The van der Waals surface area contributed by atoms with Gasteiger partial charge in [-0.2, -0.15) is 5.26 Å². The van der Waals surface area contributed by atoms with Crippen molar-refractivity contribution in [3.8, 4) is 6.07 Å². The molecule has 180 valence electrons. The first-order valence-electron chi connectivity index (χ1n) is 11.2. The molecule has 1 unspecified atom stereocenters. The number of nitriles is 1. The summed E-state index contributed by atoms with van der Waals surface area (Å²) in [5, 5.41) is 20.0. The van der Waals surface area contributed by atoms with E-state index in [0.29, 0.717) is 44.2 Å².